The predicted molar refractivity (Wildman–Crippen MR) is 190 cm³/mol. The van der Waals surface area contributed by atoms with Crippen molar-refractivity contribution < 1.29 is 0 Å². The lowest BCUT2D eigenvalue weighted by molar-refractivity contribution is 1.00. The van der Waals surface area contributed by atoms with Gasteiger partial charge in [0.2, 0.25) is 5.95 Å². The van der Waals surface area contributed by atoms with Crippen LogP contribution in [0.25, 0.3) is 27.6 Å². The van der Waals surface area contributed by atoms with E-state index in [0.29, 0.717) is 5.95 Å². The molecule has 0 radical (unpaired) electrons. The topological polar surface area (TPSA) is 37.2 Å². The van der Waals surface area contributed by atoms with Crippen LogP contribution in [-0.4, -0.2) is 21.2 Å². The van der Waals surface area contributed by atoms with E-state index in [0.717, 1.165) is 45.4 Å². The van der Waals surface area contributed by atoms with Gasteiger partial charge in [-0.3, -0.25) is 14.4 Å². The first-order chi connectivity index (χ1) is 22.9. The van der Waals surface area contributed by atoms with Gasteiger partial charge in [-0.1, -0.05) is 109 Å². The van der Waals surface area contributed by atoms with Crippen molar-refractivity contribution in [3.8, 4) is 5.82 Å². The fraction of sp³-hybridized carbons (Fsp3) is 0. The van der Waals surface area contributed by atoms with Gasteiger partial charge in [-0.25, -0.2) is 0 Å². The number of hydrogen-bond donors (Lipinski definition) is 0. The molecule has 0 amide bonds. The zero-order valence-electron chi connectivity index (χ0n) is 24.8. The molecule has 2 aliphatic heterocycles. The van der Waals surface area contributed by atoms with E-state index in [1.54, 1.807) is 0 Å². The zero-order chi connectivity index (χ0) is 30.2. The SMILES string of the molecule is c1ccc(N(c2ccccc2)c2nc3c4c(n2)-n2c5ccccc5c5cccc(c52)B4c2ccccc2N3c2ccccc2)cc1. The van der Waals surface area contributed by atoms with Crippen molar-refractivity contribution in [2.75, 3.05) is 9.80 Å². The highest BCUT2D eigenvalue weighted by Crippen LogP contribution is 2.42. The molecular weight excluding hydrogens is 561 g/mol. The first-order valence-electron chi connectivity index (χ1n) is 15.7. The van der Waals surface area contributed by atoms with Gasteiger partial charge in [0.25, 0.3) is 6.71 Å². The normalized spacial score (nSPS) is 12.7. The maximum absolute atomic E-state index is 5.56. The molecule has 6 aromatic carbocycles. The van der Waals surface area contributed by atoms with E-state index in [9.17, 15) is 0 Å². The van der Waals surface area contributed by atoms with Crippen LogP contribution in [0.3, 0.4) is 0 Å². The minimum Gasteiger partial charge on any atom is -0.296 e. The molecule has 0 fully saturated rings. The van der Waals surface area contributed by atoms with Crippen LogP contribution < -0.4 is 26.2 Å². The second kappa shape index (κ2) is 9.68. The summed E-state index contributed by atoms with van der Waals surface area (Å²) < 4.78 is 2.38. The van der Waals surface area contributed by atoms with E-state index in [-0.39, 0.29) is 6.71 Å². The van der Waals surface area contributed by atoms with Crippen molar-refractivity contribution in [3.63, 3.8) is 0 Å². The number of anilines is 6. The van der Waals surface area contributed by atoms with E-state index in [2.05, 4.69) is 160 Å². The highest BCUT2D eigenvalue weighted by molar-refractivity contribution is 7.00. The largest absolute Gasteiger partial charge is 0.296 e. The predicted octanol–water partition coefficient (Wildman–Crippen LogP) is 7.66. The molecule has 0 aliphatic carbocycles. The molecule has 8 aromatic rings. The second-order valence-corrected chi connectivity index (χ2v) is 11.8. The van der Waals surface area contributed by atoms with Crippen LogP contribution in [0.1, 0.15) is 0 Å². The average Bonchev–Trinajstić information content (AvgIpc) is 3.47. The van der Waals surface area contributed by atoms with E-state index >= 15 is 0 Å². The van der Waals surface area contributed by atoms with Crippen LogP contribution in [-0.2, 0) is 0 Å². The Bertz CT molecular complexity index is 2400. The van der Waals surface area contributed by atoms with Gasteiger partial charge in [-0.05, 0) is 59.5 Å². The maximum atomic E-state index is 5.56. The first kappa shape index (κ1) is 25.2. The van der Waals surface area contributed by atoms with Gasteiger partial charge in [-0.2, -0.15) is 9.97 Å². The Hall–Kier alpha value is -6.14. The number of para-hydroxylation sites is 6. The summed E-state index contributed by atoms with van der Waals surface area (Å²) in [7, 11) is 0. The number of benzene rings is 6. The summed E-state index contributed by atoms with van der Waals surface area (Å²) >= 11 is 0. The molecule has 2 aromatic heterocycles. The Balaban J connectivity index is 1.38. The number of aromatic nitrogens is 3. The molecule has 0 unspecified atom stereocenters. The molecule has 0 saturated heterocycles. The quantitative estimate of drug-likeness (QED) is 0.198. The third-order valence-electron chi connectivity index (χ3n) is 9.37. The third kappa shape index (κ3) is 3.47. The van der Waals surface area contributed by atoms with Crippen molar-refractivity contribution in [2.45, 2.75) is 0 Å². The summed E-state index contributed by atoms with van der Waals surface area (Å²) in [5, 5.41) is 2.47. The van der Waals surface area contributed by atoms with Crippen molar-refractivity contribution in [1.82, 2.24) is 14.5 Å². The Morgan fingerprint density at radius 3 is 1.85 bits per heavy atom. The van der Waals surface area contributed by atoms with Crippen molar-refractivity contribution in [3.05, 3.63) is 158 Å². The molecule has 2 aliphatic rings. The van der Waals surface area contributed by atoms with Crippen molar-refractivity contribution in [1.29, 1.82) is 0 Å². The van der Waals surface area contributed by atoms with Gasteiger partial charge >= 0.3 is 0 Å². The molecule has 0 N–H and O–H groups in total. The summed E-state index contributed by atoms with van der Waals surface area (Å²) in [6.45, 7) is -0.0161. The Morgan fingerprint density at radius 2 is 1.09 bits per heavy atom. The van der Waals surface area contributed by atoms with Crippen molar-refractivity contribution >= 4 is 79.4 Å². The van der Waals surface area contributed by atoms with Gasteiger partial charge in [0, 0.05) is 39.0 Å². The van der Waals surface area contributed by atoms with Crippen LogP contribution in [0, 0.1) is 0 Å². The molecule has 0 atom stereocenters. The summed E-state index contributed by atoms with van der Waals surface area (Å²) in [6.07, 6.45) is 0. The fourth-order valence-electron chi connectivity index (χ4n) is 7.53. The number of hydrogen-bond acceptors (Lipinski definition) is 4. The standard InChI is InChI=1S/C40H26BN5/c1-4-15-27(16-5-1)44(28-17-6-2-7-18-28)40-42-38-36-39(43-40)46-34-25-12-10-21-30(34)31-22-14-24-33(37(31)46)41(36)32-23-11-13-26-35(32)45(38)29-19-8-3-9-20-29/h1-26H. The van der Waals surface area contributed by atoms with Gasteiger partial charge in [0.05, 0.1) is 11.0 Å². The summed E-state index contributed by atoms with van der Waals surface area (Å²) in [5.74, 6) is 2.44. The molecule has 46 heavy (non-hydrogen) atoms. The minimum absolute atomic E-state index is 0.0161. The molecule has 4 heterocycles. The Morgan fingerprint density at radius 1 is 0.500 bits per heavy atom. The number of rotatable bonds is 4. The lowest BCUT2D eigenvalue weighted by Gasteiger charge is -2.39. The molecular formula is C40H26BN5. The zero-order valence-corrected chi connectivity index (χ0v) is 24.8. The summed E-state index contributed by atoms with van der Waals surface area (Å²) in [5.41, 5.74) is 10.2. The molecule has 0 bridgehead atoms. The van der Waals surface area contributed by atoms with Crippen LogP contribution in [0.4, 0.5) is 34.5 Å². The fourth-order valence-corrected chi connectivity index (χ4v) is 7.53. The lowest BCUT2D eigenvalue weighted by atomic mass is 9.34. The third-order valence-corrected chi connectivity index (χ3v) is 9.37. The van der Waals surface area contributed by atoms with Gasteiger partial charge < -0.3 is 0 Å². The monoisotopic (exact) mass is 587 g/mol. The Labute approximate surface area is 266 Å². The molecule has 0 spiro atoms. The van der Waals surface area contributed by atoms with Gasteiger partial charge in [0.15, 0.2) is 0 Å². The summed E-state index contributed by atoms with van der Waals surface area (Å²) in [4.78, 5) is 15.6. The first-order valence-corrected chi connectivity index (χ1v) is 15.7. The van der Waals surface area contributed by atoms with Gasteiger partial charge in [-0.15, -0.1) is 0 Å². The molecule has 5 nitrogen and oxygen atoms in total. The van der Waals surface area contributed by atoms with Crippen molar-refractivity contribution in [2.24, 2.45) is 0 Å². The van der Waals surface area contributed by atoms with Gasteiger partial charge in [0.1, 0.15) is 11.6 Å². The van der Waals surface area contributed by atoms with Crippen LogP contribution in [0.2, 0.25) is 0 Å². The lowest BCUT2D eigenvalue weighted by Crippen LogP contribution is -2.61. The number of nitrogens with zero attached hydrogens (tertiary/aromatic N) is 5. The van der Waals surface area contributed by atoms with Crippen LogP contribution in [0.5, 0.6) is 0 Å². The smallest absolute Gasteiger partial charge is 0.256 e. The minimum atomic E-state index is -0.0161. The molecule has 6 heteroatoms. The Kier molecular flexibility index (Phi) is 5.31. The number of fused-ring (bicyclic) bond motifs is 7. The molecule has 0 saturated carbocycles. The maximum Gasteiger partial charge on any atom is 0.256 e. The highest BCUT2D eigenvalue weighted by Gasteiger charge is 2.44. The van der Waals surface area contributed by atoms with Crippen LogP contribution >= 0.6 is 0 Å². The van der Waals surface area contributed by atoms with E-state index in [1.807, 2.05) is 12.1 Å². The molecule has 214 valence electrons. The van der Waals surface area contributed by atoms with E-state index < -0.39 is 0 Å². The molecule has 10 rings (SSSR count). The highest BCUT2D eigenvalue weighted by atomic mass is 15.3. The average molecular weight is 587 g/mol. The summed E-state index contributed by atoms with van der Waals surface area (Å²) in [6, 6.07) is 55.6. The second-order valence-electron chi connectivity index (χ2n) is 11.8. The van der Waals surface area contributed by atoms with E-state index in [1.165, 1.54) is 27.2 Å². The van der Waals surface area contributed by atoms with Crippen LogP contribution in [0.15, 0.2) is 158 Å². The van der Waals surface area contributed by atoms with E-state index in [4.69, 9.17) is 9.97 Å².